The van der Waals surface area contributed by atoms with Crippen LogP contribution in [0.5, 0.6) is 0 Å². The first-order valence-corrected chi connectivity index (χ1v) is 11.9. The molecule has 4 heterocycles. The van der Waals surface area contributed by atoms with E-state index < -0.39 is 6.04 Å². The molecule has 2 N–H and O–H groups in total. The van der Waals surface area contributed by atoms with Crippen LogP contribution in [0.25, 0.3) is 0 Å². The van der Waals surface area contributed by atoms with Crippen LogP contribution in [0.4, 0.5) is 0 Å². The molecule has 8 heteroatoms. The molecule has 0 spiro atoms. The number of rotatable bonds is 6. The lowest BCUT2D eigenvalue weighted by molar-refractivity contribution is -0.136. The summed E-state index contributed by atoms with van der Waals surface area (Å²) in [5.74, 6) is -0.0945. The quantitative estimate of drug-likeness (QED) is 0.643. The van der Waals surface area contributed by atoms with Crippen LogP contribution in [-0.4, -0.2) is 72.5 Å². The van der Waals surface area contributed by atoms with Crippen molar-refractivity contribution in [2.45, 2.75) is 57.3 Å². The molecule has 1 aromatic carbocycles. The standard InChI is InChI=1S/C24H32N4O4/c29-21-5-4-20(23(30)26-21)28-14-18-3-1-2-17(22(18)24(28)31)13-27-10-7-16(8-11-27)15-32-19-6-9-25-12-19/h1-3,16,19-20,25H,4-15H2,(H,26,29,30). The van der Waals surface area contributed by atoms with Gasteiger partial charge in [0, 0.05) is 38.2 Å². The van der Waals surface area contributed by atoms with Crippen molar-refractivity contribution in [2.75, 3.05) is 32.8 Å². The van der Waals surface area contributed by atoms with Gasteiger partial charge < -0.3 is 15.0 Å². The number of hydrogen-bond donors (Lipinski definition) is 2. The van der Waals surface area contributed by atoms with Gasteiger partial charge in [-0.1, -0.05) is 18.2 Å². The van der Waals surface area contributed by atoms with E-state index in [1.54, 1.807) is 4.90 Å². The number of nitrogens with zero attached hydrogens (tertiary/aromatic N) is 2. The molecular weight excluding hydrogens is 408 g/mol. The first-order chi connectivity index (χ1) is 15.6. The third kappa shape index (κ3) is 4.44. The van der Waals surface area contributed by atoms with Crippen molar-refractivity contribution in [2.24, 2.45) is 5.92 Å². The van der Waals surface area contributed by atoms with Crippen molar-refractivity contribution in [3.8, 4) is 0 Å². The van der Waals surface area contributed by atoms with Crippen molar-refractivity contribution < 1.29 is 19.1 Å². The highest BCUT2D eigenvalue weighted by molar-refractivity contribution is 6.05. The summed E-state index contributed by atoms with van der Waals surface area (Å²) in [5.41, 5.74) is 2.76. The fourth-order valence-corrected chi connectivity index (χ4v) is 5.42. The minimum absolute atomic E-state index is 0.0847. The van der Waals surface area contributed by atoms with E-state index in [2.05, 4.69) is 15.5 Å². The summed E-state index contributed by atoms with van der Waals surface area (Å²) in [6.07, 6.45) is 4.39. The predicted molar refractivity (Wildman–Crippen MR) is 118 cm³/mol. The Kier molecular flexibility index (Phi) is 6.26. The fraction of sp³-hybridized carbons (Fsp3) is 0.625. The molecule has 3 fully saturated rings. The summed E-state index contributed by atoms with van der Waals surface area (Å²) in [6.45, 7) is 6.08. The monoisotopic (exact) mass is 440 g/mol. The second kappa shape index (κ2) is 9.29. The third-order valence-corrected chi connectivity index (χ3v) is 7.32. The molecule has 0 aromatic heterocycles. The molecule has 0 saturated carbocycles. The average Bonchev–Trinajstić information content (AvgIpc) is 3.42. The summed E-state index contributed by atoms with van der Waals surface area (Å²) in [7, 11) is 0. The number of piperidine rings is 2. The Hall–Kier alpha value is -2.29. The number of benzene rings is 1. The van der Waals surface area contributed by atoms with E-state index in [1.807, 2.05) is 18.2 Å². The molecule has 0 bridgehead atoms. The molecule has 1 aromatic rings. The number of carbonyl (C=O) groups excluding carboxylic acids is 3. The Morgan fingerprint density at radius 1 is 1.06 bits per heavy atom. The van der Waals surface area contributed by atoms with Gasteiger partial charge in [0.05, 0.1) is 6.10 Å². The fourth-order valence-electron chi connectivity index (χ4n) is 5.42. The van der Waals surface area contributed by atoms with Gasteiger partial charge >= 0.3 is 0 Å². The number of imide groups is 1. The summed E-state index contributed by atoms with van der Waals surface area (Å²) >= 11 is 0. The van der Waals surface area contributed by atoms with Crippen LogP contribution < -0.4 is 10.6 Å². The normalized spacial score (nSPS) is 27.1. The minimum atomic E-state index is -0.564. The number of likely N-dealkylation sites (tertiary alicyclic amines) is 1. The minimum Gasteiger partial charge on any atom is -0.377 e. The van der Waals surface area contributed by atoms with Crippen molar-refractivity contribution in [1.29, 1.82) is 0 Å². The smallest absolute Gasteiger partial charge is 0.255 e. The topological polar surface area (TPSA) is 91.0 Å². The van der Waals surface area contributed by atoms with Gasteiger partial charge in [-0.05, 0) is 62.4 Å². The molecule has 4 aliphatic heterocycles. The van der Waals surface area contributed by atoms with Crippen LogP contribution in [0.15, 0.2) is 18.2 Å². The van der Waals surface area contributed by atoms with Gasteiger partial charge in [-0.2, -0.15) is 0 Å². The lowest BCUT2D eigenvalue weighted by Crippen LogP contribution is -2.52. The number of ether oxygens (including phenoxy) is 1. The maximum Gasteiger partial charge on any atom is 0.255 e. The Labute approximate surface area is 188 Å². The van der Waals surface area contributed by atoms with Crippen LogP contribution >= 0.6 is 0 Å². The van der Waals surface area contributed by atoms with Crippen LogP contribution in [0.1, 0.15) is 53.6 Å². The van der Waals surface area contributed by atoms with Crippen LogP contribution in [0, 0.1) is 5.92 Å². The van der Waals surface area contributed by atoms with E-state index in [-0.39, 0.29) is 24.1 Å². The molecule has 4 aliphatic rings. The van der Waals surface area contributed by atoms with Gasteiger partial charge in [0.1, 0.15) is 6.04 Å². The van der Waals surface area contributed by atoms with E-state index in [0.717, 1.165) is 75.3 Å². The molecule has 0 radical (unpaired) electrons. The maximum atomic E-state index is 13.3. The number of carbonyl (C=O) groups is 3. The highest BCUT2D eigenvalue weighted by atomic mass is 16.5. The molecule has 5 rings (SSSR count). The molecule has 2 atom stereocenters. The first-order valence-electron chi connectivity index (χ1n) is 11.9. The Balaban J connectivity index is 1.18. The van der Waals surface area contributed by atoms with Crippen molar-refractivity contribution in [3.63, 3.8) is 0 Å². The summed E-state index contributed by atoms with van der Waals surface area (Å²) in [6, 6.07) is 5.45. The SMILES string of the molecule is O=C1CCC(N2Cc3cccc(CN4CCC(COC5CCNC5)CC4)c3C2=O)C(=O)N1. The van der Waals surface area contributed by atoms with Gasteiger partial charge in [-0.25, -0.2) is 0 Å². The molecular formula is C24H32N4O4. The highest BCUT2D eigenvalue weighted by Gasteiger charge is 2.40. The zero-order valence-corrected chi connectivity index (χ0v) is 18.5. The third-order valence-electron chi connectivity index (χ3n) is 7.32. The van der Waals surface area contributed by atoms with Gasteiger partial charge in [-0.15, -0.1) is 0 Å². The van der Waals surface area contributed by atoms with Crippen molar-refractivity contribution >= 4 is 17.7 Å². The first kappa shape index (κ1) is 21.6. The Bertz CT molecular complexity index is 890. The largest absolute Gasteiger partial charge is 0.377 e. The van der Waals surface area contributed by atoms with Crippen molar-refractivity contribution in [1.82, 2.24) is 20.4 Å². The van der Waals surface area contributed by atoms with E-state index in [1.165, 1.54) is 0 Å². The van der Waals surface area contributed by atoms with Crippen LogP contribution in [0.2, 0.25) is 0 Å². The number of hydrogen-bond acceptors (Lipinski definition) is 6. The molecule has 3 saturated heterocycles. The van der Waals surface area contributed by atoms with E-state index in [9.17, 15) is 14.4 Å². The van der Waals surface area contributed by atoms with Crippen LogP contribution in [-0.2, 0) is 27.4 Å². The zero-order valence-electron chi connectivity index (χ0n) is 18.5. The molecule has 0 aliphatic carbocycles. The molecule has 32 heavy (non-hydrogen) atoms. The summed E-state index contributed by atoms with van der Waals surface area (Å²) in [4.78, 5) is 41.1. The van der Waals surface area contributed by atoms with Gasteiger partial charge in [-0.3, -0.25) is 24.6 Å². The zero-order chi connectivity index (χ0) is 22.1. The molecule has 8 nitrogen and oxygen atoms in total. The van der Waals surface area contributed by atoms with Crippen LogP contribution in [0.3, 0.4) is 0 Å². The number of fused-ring (bicyclic) bond motifs is 1. The van der Waals surface area contributed by atoms with Gasteiger partial charge in [0.25, 0.3) is 5.91 Å². The average molecular weight is 441 g/mol. The number of amides is 3. The van der Waals surface area contributed by atoms with E-state index in [0.29, 0.717) is 25.0 Å². The van der Waals surface area contributed by atoms with Gasteiger partial charge in [0.15, 0.2) is 0 Å². The summed E-state index contributed by atoms with van der Waals surface area (Å²) < 4.78 is 6.07. The predicted octanol–water partition coefficient (Wildman–Crippen LogP) is 1.04. The second-order valence-electron chi connectivity index (χ2n) is 9.52. The van der Waals surface area contributed by atoms with E-state index >= 15 is 0 Å². The van der Waals surface area contributed by atoms with Gasteiger partial charge in [0.2, 0.25) is 11.8 Å². The summed E-state index contributed by atoms with van der Waals surface area (Å²) in [5, 5.41) is 5.72. The molecule has 2 unspecified atom stereocenters. The highest BCUT2D eigenvalue weighted by Crippen LogP contribution is 2.31. The second-order valence-corrected chi connectivity index (χ2v) is 9.52. The number of nitrogens with one attached hydrogen (secondary N) is 2. The lowest BCUT2D eigenvalue weighted by Gasteiger charge is -2.32. The lowest BCUT2D eigenvalue weighted by atomic mass is 9.96. The maximum absolute atomic E-state index is 13.3. The van der Waals surface area contributed by atoms with Crippen molar-refractivity contribution in [3.05, 3.63) is 34.9 Å². The van der Waals surface area contributed by atoms with E-state index in [4.69, 9.17) is 4.74 Å². The Morgan fingerprint density at radius 2 is 1.91 bits per heavy atom. The Morgan fingerprint density at radius 3 is 2.66 bits per heavy atom. The molecule has 3 amide bonds. The molecule has 172 valence electrons.